The summed E-state index contributed by atoms with van der Waals surface area (Å²) in [6, 6.07) is 0. The first kappa shape index (κ1) is 6.60. The summed E-state index contributed by atoms with van der Waals surface area (Å²) in [4.78, 5) is 0. The minimum Gasteiger partial charge on any atom is -0.102 e. The van der Waals surface area contributed by atoms with Crippen LogP contribution in [0.3, 0.4) is 0 Å². The molecule has 1 rings (SSSR count). The van der Waals surface area contributed by atoms with Gasteiger partial charge in [0.1, 0.15) is 0 Å². The molecule has 0 aromatic carbocycles. The van der Waals surface area contributed by atoms with Crippen LogP contribution in [0.2, 0.25) is 0 Å². The zero-order valence-electron chi connectivity index (χ0n) is 6.22. The van der Waals surface area contributed by atoms with Crippen LogP contribution in [0.4, 0.5) is 0 Å². The van der Waals surface area contributed by atoms with E-state index in [4.69, 9.17) is 0 Å². The van der Waals surface area contributed by atoms with Crippen LogP contribution in [0.25, 0.3) is 0 Å². The summed E-state index contributed by atoms with van der Waals surface area (Å²) in [5.74, 6) is 0.825. The fourth-order valence-electron chi connectivity index (χ4n) is 1.37. The van der Waals surface area contributed by atoms with Crippen LogP contribution in [-0.4, -0.2) is 0 Å². The molecule has 0 amide bonds. The number of hydrogen-bond acceptors (Lipinski definition) is 0. The summed E-state index contributed by atoms with van der Waals surface area (Å²) in [6.45, 7) is 8.14. The molecule has 0 bridgehead atoms. The van der Waals surface area contributed by atoms with Crippen molar-refractivity contribution in [1.82, 2.24) is 0 Å². The van der Waals surface area contributed by atoms with Gasteiger partial charge in [-0.3, -0.25) is 0 Å². The van der Waals surface area contributed by atoms with Gasteiger partial charge in [-0.05, 0) is 19.3 Å². The lowest BCUT2D eigenvalue weighted by atomic mass is 10.0. The molecule has 0 N–H and O–H groups in total. The Balaban J connectivity index is 2.62. The van der Waals surface area contributed by atoms with Crippen molar-refractivity contribution in [2.45, 2.75) is 20.3 Å². The van der Waals surface area contributed by atoms with Crippen molar-refractivity contribution in [3.8, 4) is 0 Å². The fourth-order valence-corrected chi connectivity index (χ4v) is 1.37. The monoisotopic (exact) mass is 122 g/mol. The third-order valence-electron chi connectivity index (χ3n) is 2.27. The van der Waals surface area contributed by atoms with Crippen molar-refractivity contribution in [2.24, 2.45) is 11.3 Å². The maximum absolute atomic E-state index is 3.81. The lowest BCUT2D eigenvalue weighted by Gasteiger charge is -2.00. The molecule has 0 aromatic heterocycles. The average molecular weight is 122 g/mol. The first-order valence-corrected chi connectivity index (χ1v) is 3.52. The van der Waals surface area contributed by atoms with E-state index in [2.05, 4.69) is 38.7 Å². The molecule has 0 saturated heterocycles. The van der Waals surface area contributed by atoms with Gasteiger partial charge in [0.2, 0.25) is 0 Å². The predicted molar refractivity (Wildman–Crippen MR) is 41.2 cm³/mol. The molecule has 0 aliphatic heterocycles. The molecule has 2 atom stereocenters. The zero-order valence-corrected chi connectivity index (χ0v) is 6.22. The molecule has 1 fully saturated rings. The van der Waals surface area contributed by atoms with E-state index >= 15 is 0 Å². The van der Waals surface area contributed by atoms with Crippen molar-refractivity contribution in [3.63, 3.8) is 0 Å². The highest BCUT2D eigenvalue weighted by Crippen LogP contribution is 2.54. The molecule has 2 unspecified atom stereocenters. The van der Waals surface area contributed by atoms with Gasteiger partial charge in [-0.25, -0.2) is 0 Å². The summed E-state index contributed by atoms with van der Waals surface area (Å²) < 4.78 is 0. The fraction of sp³-hybridized carbons (Fsp3) is 0.556. The lowest BCUT2D eigenvalue weighted by Crippen LogP contribution is -1.90. The first-order valence-electron chi connectivity index (χ1n) is 3.52. The van der Waals surface area contributed by atoms with Crippen LogP contribution in [-0.2, 0) is 0 Å². The Kier molecular flexibility index (Phi) is 1.48. The van der Waals surface area contributed by atoms with Gasteiger partial charge in [0, 0.05) is 5.41 Å². The van der Waals surface area contributed by atoms with Crippen molar-refractivity contribution < 1.29 is 0 Å². The summed E-state index contributed by atoms with van der Waals surface area (Å²) in [5, 5.41) is 0. The van der Waals surface area contributed by atoms with Crippen LogP contribution in [0.15, 0.2) is 24.8 Å². The van der Waals surface area contributed by atoms with Crippen molar-refractivity contribution in [1.29, 1.82) is 0 Å². The molecule has 0 aromatic rings. The Morgan fingerprint density at radius 3 is 2.33 bits per heavy atom. The maximum Gasteiger partial charge on any atom is 0.00872 e. The van der Waals surface area contributed by atoms with Gasteiger partial charge in [-0.2, -0.15) is 0 Å². The van der Waals surface area contributed by atoms with E-state index in [1.807, 2.05) is 0 Å². The van der Waals surface area contributed by atoms with Gasteiger partial charge < -0.3 is 0 Å². The molecule has 1 aliphatic rings. The van der Waals surface area contributed by atoms with Crippen molar-refractivity contribution in [3.05, 3.63) is 24.8 Å². The summed E-state index contributed by atoms with van der Waals surface area (Å²) in [6.07, 6.45) is 7.73. The van der Waals surface area contributed by atoms with Crippen LogP contribution in [0.5, 0.6) is 0 Å². The highest BCUT2D eigenvalue weighted by molar-refractivity contribution is 5.21. The molecule has 0 heteroatoms. The normalized spacial score (nSPS) is 41.3. The summed E-state index contributed by atoms with van der Waals surface area (Å²) in [5.41, 5.74) is 0.384. The Morgan fingerprint density at radius 2 is 2.22 bits per heavy atom. The Bertz CT molecular complexity index is 144. The van der Waals surface area contributed by atoms with Crippen LogP contribution < -0.4 is 0 Å². The van der Waals surface area contributed by atoms with Gasteiger partial charge >= 0.3 is 0 Å². The third kappa shape index (κ3) is 0.937. The molecule has 9 heavy (non-hydrogen) atoms. The second-order valence-corrected chi connectivity index (χ2v) is 2.92. The van der Waals surface area contributed by atoms with E-state index in [0.717, 1.165) is 5.92 Å². The van der Waals surface area contributed by atoms with E-state index in [9.17, 15) is 0 Å². The molecular weight excluding hydrogens is 108 g/mol. The number of allylic oxidation sites excluding steroid dienone is 3. The molecule has 0 radical (unpaired) electrons. The van der Waals surface area contributed by atoms with Crippen molar-refractivity contribution >= 4 is 0 Å². The van der Waals surface area contributed by atoms with E-state index in [1.165, 1.54) is 6.42 Å². The third-order valence-corrected chi connectivity index (χ3v) is 2.27. The van der Waals surface area contributed by atoms with Crippen LogP contribution >= 0.6 is 0 Å². The number of rotatable bonds is 2. The smallest absolute Gasteiger partial charge is 0.00872 e. The predicted octanol–water partition coefficient (Wildman–Crippen LogP) is 2.77. The standard InChI is InChI=1S/C9H14/c1-4-6-9(5-2)7-8(9)3/h4-6,8H,2,7H2,1,3H3. The molecule has 50 valence electrons. The van der Waals surface area contributed by atoms with Gasteiger partial charge in [0.05, 0.1) is 0 Å². The van der Waals surface area contributed by atoms with E-state index in [-0.39, 0.29) is 0 Å². The van der Waals surface area contributed by atoms with E-state index < -0.39 is 0 Å². The number of hydrogen-bond donors (Lipinski definition) is 0. The SMILES string of the molecule is C=CC1(C=CC)CC1C. The zero-order chi connectivity index (χ0) is 6.91. The largest absolute Gasteiger partial charge is 0.102 e. The highest BCUT2D eigenvalue weighted by Gasteiger charge is 2.45. The molecule has 1 saturated carbocycles. The van der Waals surface area contributed by atoms with Gasteiger partial charge in [-0.15, -0.1) is 6.58 Å². The molecule has 0 nitrogen and oxygen atoms in total. The Morgan fingerprint density at radius 1 is 1.67 bits per heavy atom. The van der Waals surface area contributed by atoms with Crippen LogP contribution in [0.1, 0.15) is 20.3 Å². The van der Waals surface area contributed by atoms with Gasteiger partial charge in [0.25, 0.3) is 0 Å². The first-order chi connectivity index (χ1) is 4.25. The molecule has 1 aliphatic carbocycles. The lowest BCUT2D eigenvalue weighted by molar-refractivity contribution is 0.746. The molecule has 0 heterocycles. The molecule has 0 spiro atoms. The Hall–Kier alpha value is -0.520. The minimum absolute atomic E-state index is 0.384. The Labute approximate surface area is 57.3 Å². The topological polar surface area (TPSA) is 0 Å². The quantitative estimate of drug-likeness (QED) is 0.494. The van der Waals surface area contributed by atoms with Gasteiger partial charge in [0.15, 0.2) is 0 Å². The van der Waals surface area contributed by atoms with E-state index in [1.54, 1.807) is 0 Å². The minimum atomic E-state index is 0.384. The van der Waals surface area contributed by atoms with Crippen molar-refractivity contribution in [2.75, 3.05) is 0 Å². The van der Waals surface area contributed by atoms with Gasteiger partial charge in [-0.1, -0.05) is 25.2 Å². The maximum atomic E-state index is 3.81. The second kappa shape index (κ2) is 2.02. The highest BCUT2D eigenvalue weighted by atomic mass is 14.5. The average Bonchev–Trinajstić information content (AvgIpc) is 2.45. The van der Waals surface area contributed by atoms with Crippen LogP contribution in [0, 0.1) is 11.3 Å². The van der Waals surface area contributed by atoms with E-state index in [0.29, 0.717) is 5.41 Å². The second-order valence-electron chi connectivity index (χ2n) is 2.92. The summed E-state index contributed by atoms with van der Waals surface area (Å²) in [7, 11) is 0. The summed E-state index contributed by atoms with van der Waals surface area (Å²) >= 11 is 0. The molecular formula is C9H14.